The van der Waals surface area contributed by atoms with Crippen LogP contribution in [0.1, 0.15) is 25.8 Å². The Kier molecular flexibility index (Phi) is 6.70. The van der Waals surface area contributed by atoms with Crippen molar-refractivity contribution in [3.05, 3.63) is 33.9 Å². The number of halogens is 2. The Morgan fingerprint density at radius 1 is 1.30 bits per heavy atom. The summed E-state index contributed by atoms with van der Waals surface area (Å²) in [5, 5.41) is 11.3. The van der Waals surface area contributed by atoms with Gasteiger partial charge < -0.3 is 14.4 Å². The summed E-state index contributed by atoms with van der Waals surface area (Å²) in [4.78, 5) is 24.7. The van der Waals surface area contributed by atoms with Crippen LogP contribution in [-0.2, 0) is 4.79 Å². The van der Waals surface area contributed by atoms with E-state index in [2.05, 4.69) is 18.6 Å². The van der Waals surface area contributed by atoms with Gasteiger partial charge >= 0.3 is 6.61 Å². The first-order valence-corrected chi connectivity index (χ1v) is 8.49. The number of nitrogens with zero attached hydrogens (tertiary/aromatic N) is 2. The molecule has 9 heteroatoms. The van der Waals surface area contributed by atoms with Crippen molar-refractivity contribution in [2.24, 2.45) is 11.8 Å². The van der Waals surface area contributed by atoms with Crippen LogP contribution in [-0.4, -0.2) is 42.5 Å². The number of likely N-dealkylation sites (tertiary alicyclic amines) is 1. The number of ether oxygens (including phenoxy) is 2. The molecule has 1 aliphatic rings. The molecule has 1 aromatic carbocycles. The van der Waals surface area contributed by atoms with Crippen LogP contribution in [0.4, 0.5) is 14.5 Å². The van der Waals surface area contributed by atoms with E-state index >= 15 is 0 Å². The van der Waals surface area contributed by atoms with Crippen LogP contribution < -0.4 is 9.47 Å². The Morgan fingerprint density at radius 3 is 2.44 bits per heavy atom. The lowest BCUT2D eigenvalue weighted by Crippen LogP contribution is -2.41. The molecule has 1 fully saturated rings. The minimum Gasteiger partial charge on any atom is -0.493 e. The Labute approximate surface area is 155 Å². The second-order valence-corrected chi connectivity index (χ2v) is 6.72. The van der Waals surface area contributed by atoms with E-state index in [9.17, 15) is 23.7 Å². The Hall–Kier alpha value is -2.71. The maximum absolute atomic E-state index is 12.5. The summed E-state index contributed by atoms with van der Waals surface area (Å²) in [6.07, 6.45) is 3.58. The van der Waals surface area contributed by atoms with Crippen LogP contribution in [0.5, 0.6) is 11.5 Å². The summed E-state index contributed by atoms with van der Waals surface area (Å²) in [5.41, 5.74) is -0.402. The number of nitro benzene ring substituents is 1. The first-order valence-electron chi connectivity index (χ1n) is 8.49. The molecular formula is C18H22F2N2O5. The fourth-order valence-corrected chi connectivity index (χ4v) is 3.31. The van der Waals surface area contributed by atoms with Gasteiger partial charge in [0.2, 0.25) is 5.91 Å². The van der Waals surface area contributed by atoms with Gasteiger partial charge in [-0.3, -0.25) is 14.9 Å². The zero-order chi connectivity index (χ0) is 20.1. The fourth-order valence-electron chi connectivity index (χ4n) is 3.31. The first kappa shape index (κ1) is 20.6. The van der Waals surface area contributed by atoms with Crippen LogP contribution >= 0.6 is 0 Å². The predicted octanol–water partition coefficient (Wildman–Crippen LogP) is 3.72. The van der Waals surface area contributed by atoms with Crippen molar-refractivity contribution in [2.75, 3.05) is 20.2 Å². The van der Waals surface area contributed by atoms with Crippen LogP contribution in [0.25, 0.3) is 6.08 Å². The number of hydrogen-bond acceptors (Lipinski definition) is 5. The Morgan fingerprint density at radius 2 is 1.93 bits per heavy atom. The molecule has 1 heterocycles. The summed E-state index contributed by atoms with van der Waals surface area (Å²) in [6, 6.07) is 2.06. The number of nitro groups is 1. The topological polar surface area (TPSA) is 81.9 Å². The van der Waals surface area contributed by atoms with E-state index in [0.29, 0.717) is 24.9 Å². The molecule has 0 bridgehead atoms. The lowest BCUT2D eigenvalue weighted by Gasteiger charge is -2.34. The smallest absolute Gasteiger partial charge is 0.387 e. The van der Waals surface area contributed by atoms with Crippen LogP contribution in [0, 0.1) is 22.0 Å². The number of carbonyl (C=O) groups excluding carboxylic acids is 1. The maximum Gasteiger partial charge on any atom is 0.387 e. The van der Waals surface area contributed by atoms with E-state index < -0.39 is 23.0 Å². The second kappa shape index (κ2) is 8.79. The minimum atomic E-state index is -3.15. The molecule has 1 amide bonds. The van der Waals surface area contributed by atoms with Gasteiger partial charge in [-0.1, -0.05) is 13.8 Å². The second-order valence-electron chi connectivity index (χ2n) is 6.72. The third-order valence-electron chi connectivity index (χ3n) is 4.31. The van der Waals surface area contributed by atoms with Crippen LogP contribution in [0.2, 0.25) is 0 Å². The van der Waals surface area contributed by atoms with Crippen molar-refractivity contribution in [3.63, 3.8) is 0 Å². The van der Waals surface area contributed by atoms with E-state index in [0.717, 1.165) is 12.5 Å². The monoisotopic (exact) mass is 384 g/mol. The van der Waals surface area contributed by atoms with Crippen molar-refractivity contribution in [1.82, 2.24) is 4.90 Å². The highest BCUT2D eigenvalue weighted by atomic mass is 19.3. The number of hydrogen-bond donors (Lipinski definition) is 0. The minimum absolute atomic E-state index is 0.0601. The molecule has 7 nitrogen and oxygen atoms in total. The molecule has 0 aliphatic carbocycles. The van der Waals surface area contributed by atoms with Crippen molar-refractivity contribution in [1.29, 1.82) is 0 Å². The van der Waals surface area contributed by atoms with Gasteiger partial charge in [0.25, 0.3) is 5.69 Å². The van der Waals surface area contributed by atoms with Gasteiger partial charge in [-0.2, -0.15) is 8.78 Å². The average Bonchev–Trinajstić information content (AvgIpc) is 2.58. The Bertz CT molecular complexity index is 729. The van der Waals surface area contributed by atoms with Gasteiger partial charge in [0, 0.05) is 19.2 Å². The van der Waals surface area contributed by atoms with E-state index in [4.69, 9.17) is 4.74 Å². The highest BCUT2D eigenvalue weighted by Gasteiger charge is 2.25. The first-order chi connectivity index (χ1) is 12.7. The van der Waals surface area contributed by atoms with E-state index in [1.165, 1.54) is 25.3 Å². The van der Waals surface area contributed by atoms with Crippen molar-refractivity contribution >= 4 is 17.7 Å². The van der Waals surface area contributed by atoms with Gasteiger partial charge in [0.05, 0.1) is 23.7 Å². The van der Waals surface area contributed by atoms with E-state index in [1.807, 2.05) is 0 Å². The summed E-state index contributed by atoms with van der Waals surface area (Å²) < 4.78 is 34.2. The zero-order valence-corrected chi connectivity index (χ0v) is 15.4. The van der Waals surface area contributed by atoms with Crippen molar-refractivity contribution in [3.8, 4) is 11.5 Å². The summed E-state index contributed by atoms with van der Waals surface area (Å²) in [7, 11) is 1.23. The number of piperidine rings is 1. The standard InChI is InChI=1S/C18H22F2N2O5/c1-11-6-12(2)10-21(9-11)17(23)5-4-13-7-15(26-3)16(27-18(19)20)8-14(13)22(24)25/h4-5,7-8,11-12,18H,6,9-10H2,1-3H3. The summed E-state index contributed by atoms with van der Waals surface area (Å²) in [6.45, 7) is 2.23. The number of benzene rings is 1. The third-order valence-corrected chi connectivity index (χ3v) is 4.31. The fraction of sp³-hybridized carbons (Fsp3) is 0.500. The zero-order valence-electron chi connectivity index (χ0n) is 15.4. The van der Waals surface area contributed by atoms with Gasteiger partial charge in [0.15, 0.2) is 11.5 Å². The molecule has 1 aliphatic heterocycles. The molecule has 0 aromatic heterocycles. The van der Waals surface area contributed by atoms with Gasteiger partial charge in [-0.05, 0) is 30.4 Å². The molecule has 2 atom stereocenters. The molecule has 27 heavy (non-hydrogen) atoms. The molecular weight excluding hydrogens is 362 g/mol. The average molecular weight is 384 g/mol. The molecule has 1 aromatic rings. The molecule has 0 spiro atoms. The maximum atomic E-state index is 12.5. The number of methoxy groups -OCH3 is 1. The normalized spacial score (nSPS) is 20.1. The lowest BCUT2D eigenvalue weighted by molar-refractivity contribution is -0.385. The predicted molar refractivity (Wildman–Crippen MR) is 94.8 cm³/mol. The van der Waals surface area contributed by atoms with Gasteiger partial charge in [0.1, 0.15) is 0 Å². The molecule has 0 N–H and O–H groups in total. The molecule has 0 radical (unpaired) electrons. The number of alkyl halides is 2. The van der Waals surface area contributed by atoms with E-state index in [-0.39, 0.29) is 17.2 Å². The quantitative estimate of drug-likeness (QED) is 0.424. The number of amides is 1. The van der Waals surface area contributed by atoms with Crippen LogP contribution in [0.15, 0.2) is 18.2 Å². The third kappa shape index (κ3) is 5.38. The Balaban J connectivity index is 2.29. The van der Waals surface area contributed by atoms with Crippen molar-refractivity contribution in [2.45, 2.75) is 26.9 Å². The van der Waals surface area contributed by atoms with E-state index in [1.54, 1.807) is 4.90 Å². The number of rotatable bonds is 6. The lowest BCUT2D eigenvalue weighted by atomic mass is 9.92. The van der Waals surface area contributed by atoms with Crippen molar-refractivity contribution < 1.29 is 28.0 Å². The van der Waals surface area contributed by atoms with Gasteiger partial charge in [-0.25, -0.2) is 0 Å². The number of carbonyl (C=O) groups is 1. The summed E-state index contributed by atoms with van der Waals surface area (Å²) >= 11 is 0. The largest absolute Gasteiger partial charge is 0.493 e. The molecule has 1 saturated heterocycles. The highest BCUT2D eigenvalue weighted by Crippen LogP contribution is 2.36. The SMILES string of the molecule is COc1cc(C=CC(=O)N2CC(C)CC(C)C2)c([N+](=O)[O-])cc1OC(F)F. The molecule has 0 saturated carbocycles. The molecule has 2 unspecified atom stereocenters. The highest BCUT2D eigenvalue weighted by molar-refractivity contribution is 5.92. The molecule has 148 valence electrons. The molecule has 2 rings (SSSR count). The van der Waals surface area contributed by atoms with Crippen LogP contribution in [0.3, 0.4) is 0 Å². The van der Waals surface area contributed by atoms with Gasteiger partial charge in [-0.15, -0.1) is 0 Å². The summed E-state index contributed by atoms with van der Waals surface area (Å²) in [5.74, 6) is -0.0261.